The maximum atomic E-state index is 12.7. The van der Waals surface area contributed by atoms with Gasteiger partial charge in [0.1, 0.15) is 6.10 Å². The number of anilines is 1. The average Bonchev–Trinajstić information content (AvgIpc) is 2.62. The van der Waals surface area contributed by atoms with Gasteiger partial charge in [0.25, 0.3) is 5.88 Å². The molecule has 0 unspecified atom stereocenters. The number of rotatable bonds is 4. The second-order valence-electron chi connectivity index (χ2n) is 6.73. The summed E-state index contributed by atoms with van der Waals surface area (Å²) in [6.45, 7) is 1.47. The molecule has 130 valence electrons. The molecule has 1 aliphatic carbocycles. The summed E-state index contributed by atoms with van der Waals surface area (Å²) in [4.78, 5) is 25.2. The average molecular weight is 330 g/mol. The summed E-state index contributed by atoms with van der Waals surface area (Å²) in [6, 6.07) is 0. The normalized spacial score (nSPS) is 23.8. The lowest BCUT2D eigenvalue weighted by Gasteiger charge is -2.35. The number of carbonyl (C=O) groups excluding carboxylic acids is 1. The lowest BCUT2D eigenvalue weighted by molar-refractivity contribution is -0.138. The number of nitrogens with zero attached hydrogens (tertiary/aromatic N) is 4. The molecular formula is C18H26N4O2. The first-order valence-corrected chi connectivity index (χ1v) is 8.74. The Labute approximate surface area is 143 Å². The van der Waals surface area contributed by atoms with Gasteiger partial charge >= 0.3 is 0 Å². The van der Waals surface area contributed by atoms with Crippen LogP contribution in [0.2, 0.25) is 0 Å². The van der Waals surface area contributed by atoms with Crippen LogP contribution in [-0.2, 0) is 4.79 Å². The fourth-order valence-electron chi connectivity index (χ4n) is 3.38. The summed E-state index contributed by atoms with van der Waals surface area (Å²) >= 11 is 0. The molecule has 1 amide bonds. The number of aromatic nitrogens is 2. The zero-order valence-electron chi connectivity index (χ0n) is 14.5. The van der Waals surface area contributed by atoms with E-state index in [1.165, 1.54) is 0 Å². The predicted molar refractivity (Wildman–Crippen MR) is 93.1 cm³/mol. The lowest BCUT2D eigenvalue weighted by Crippen LogP contribution is -2.47. The largest absolute Gasteiger partial charge is 0.470 e. The zero-order valence-corrected chi connectivity index (χ0v) is 14.5. The molecule has 0 radical (unpaired) electrons. The van der Waals surface area contributed by atoms with Gasteiger partial charge in [-0.3, -0.25) is 4.79 Å². The fraction of sp³-hybridized carbons (Fsp3) is 0.611. The topological polar surface area (TPSA) is 58.6 Å². The molecule has 2 heterocycles. The van der Waals surface area contributed by atoms with Crippen molar-refractivity contribution in [1.82, 2.24) is 14.9 Å². The Kier molecular flexibility index (Phi) is 5.33. The third-order valence-electron chi connectivity index (χ3n) is 4.66. The van der Waals surface area contributed by atoms with E-state index in [1.807, 2.05) is 23.9 Å². The summed E-state index contributed by atoms with van der Waals surface area (Å²) < 4.78 is 6.09. The Morgan fingerprint density at radius 1 is 1.25 bits per heavy atom. The summed E-state index contributed by atoms with van der Waals surface area (Å²) in [5.41, 5.74) is 0. The number of hydrogen-bond acceptors (Lipinski definition) is 5. The first-order valence-electron chi connectivity index (χ1n) is 8.74. The summed E-state index contributed by atoms with van der Waals surface area (Å²) in [5, 5.41) is 0. The monoisotopic (exact) mass is 330 g/mol. The highest BCUT2D eigenvalue weighted by molar-refractivity contribution is 5.79. The minimum atomic E-state index is -0.0165. The van der Waals surface area contributed by atoms with Crippen LogP contribution in [0.1, 0.15) is 32.1 Å². The van der Waals surface area contributed by atoms with Crippen LogP contribution in [0.25, 0.3) is 0 Å². The van der Waals surface area contributed by atoms with Crippen molar-refractivity contribution in [2.75, 3.05) is 32.1 Å². The van der Waals surface area contributed by atoms with Crippen LogP contribution >= 0.6 is 0 Å². The Bertz CT molecular complexity index is 602. The van der Waals surface area contributed by atoms with Crippen molar-refractivity contribution < 1.29 is 9.53 Å². The number of hydrogen-bond donors (Lipinski definition) is 0. The van der Waals surface area contributed by atoms with Gasteiger partial charge in [-0.1, -0.05) is 12.2 Å². The van der Waals surface area contributed by atoms with Gasteiger partial charge in [0.2, 0.25) is 5.91 Å². The number of allylic oxidation sites excluding steroid dienone is 2. The quantitative estimate of drug-likeness (QED) is 0.793. The summed E-state index contributed by atoms with van der Waals surface area (Å²) in [5.74, 6) is 1.68. The van der Waals surface area contributed by atoms with Gasteiger partial charge in [-0.25, -0.2) is 9.97 Å². The van der Waals surface area contributed by atoms with Gasteiger partial charge in [-0.2, -0.15) is 0 Å². The molecule has 2 atom stereocenters. The predicted octanol–water partition coefficient (Wildman–Crippen LogP) is 2.27. The Balaban J connectivity index is 1.63. The summed E-state index contributed by atoms with van der Waals surface area (Å²) in [7, 11) is 3.84. The van der Waals surface area contributed by atoms with Gasteiger partial charge in [0, 0.05) is 39.0 Å². The molecule has 2 aliphatic rings. The molecular weight excluding hydrogens is 304 g/mol. The van der Waals surface area contributed by atoms with Crippen molar-refractivity contribution in [3.8, 4) is 5.88 Å². The van der Waals surface area contributed by atoms with Crippen LogP contribution in [0.3, 0.4) is 0 Å². The fourth-order valence-corrected chi connectivity index (χ4v) is 3.38. The highest BCUT2D eigenvalue weighted by atomic mass is 16.5. The van der Waals surface area contributed by atoms with Crippen molar-refractivity contribution in [1.29, 1.82) is 0 Å². The van der Waals surface area contributed by atoms with Gasteiger partial charge in [0.15, 0.2) is 5.82 Å². The third kappa shape index (κ3) is 3.86. The van der Waals surface area contributed by atoms with Crippen LogP contribution < -0.4 is 9.64 Å². The standard InChI is InChI=1S/C18H26N4O2/c1-21(2)16-17(20-11-10-19-16)24-15-9-6-12-22(13-15)18(23)14-7-4-3-5-8-14/h3-4,10-11,14-15H,5-9,12-13H2,1-2H3/t14-,15+/m0/s1. The van der Waals surface area contributed by atoms with E-state index in [2.05, 4.69) is 22.1 Å². The van der Waals surface area contributed by atoms with Gasteiger partial charge in [-0.15, -0.1) is 0 Å². The zero-order chi connectivity index (χ0) is 16.9. The molecule has 0 N–H and O–H groups in total. The van der Waals surface area contributed by atoms with E-state index >= 15 is 0 Å². The van der Waals surface area contributed by atoms with Gasteiger partial charge < -0.3 is 14.5 Å². The van der Waals surface area contributed by atoms with E-state index in [0.717, 1.165) is 44.5 Å². The first kappa shape index (κ1) is 16.7. The van der Waals surface area contributed by atoms with Crippen LogP contribution in [-0.4, -0.2) is 54.1 Å². The maximum Gasteiger partial charge on any atom is 0.257 e. The Morgan fingerprint density at radius 2 is 2.08 bits per heavy atom. The second-order valence-corrected chi connectivity index (χ2v) is 6.73. The van der Waals surface area contributed by atoms with E-state index < -0.39 is 0 Å². The molecule has 0 spiro atoms. The number of ether oxygens (including phenoxy) is 1. The molecule has 1 aliphatic heterocycles. The first-order chi connectivity index (χ1) is 11.6. The molecule has 24 heavy (non-hydrogen) atoms. The van der Waals surface area contributed by atoms with E-state index in [0.29, 0.717) is 12.4 Å². The molecule has 6 nitrogen and oxygen atoms in total. The number of amides is 1. The molecule has 1 saturated heterocycles. The molecule has 0 bridgehead atoms. The molecule has 3 rings (SSSR count). The maximum absolute atomic E-state index is 12.7. The van der Waals surface area contributed by atoms with Gasteiger partial charge in [0.05, 0.1) is 6.54 Å². The van der Waals surface area contributed by atoms with E-state index in [1.54, 1.807) is 12.4 Å². The minimum Gasteiger partial charge on any atom is -0.470 e. The van der Waals surface area contributed by atoms with Crippen molar-refractivity contribution >= 4 is 11.7 Å². The highest BCUT2D eigenvalue weighted by Gasteiger charge is 2.30. The third-order valence-corrected chi connectivity index (χ3v) is 4.66. The van der Waals surface area contributed by atoms with E-state index in [9.17, 15) is 4.79 Å². The van der Waals surface area contributed by atoms with E-state index in [4.69, 9.17) is 4.74 Å². The molecule has 1 fully saturated rings. The number of carbonyl (C=O) groups is 1. The van der Waals surface area contributed by atoms with Crippen molar-refractivity contribution in [2.45, 2.75) is 38.2 Å². The molecule has 0 aromatic carbocycles. The van der Waals surface area contributed by atoms with Gasteiger partial charge in [-0.05, 0) is 32.1 Å². The van der Waals surface area contributed by atoms with Crippen LogP contribution in [0.5, 0.6) is 5.88 Å². The van der Waals surface area contributed by atoms with Crippen molar-refractivity contribution in [2.24, 2.45) is 5.92 Å². The van der Waals surface area contributed by atoms with Crippen LogP contribution in [0.15, 0.2) is 24.5 Å². The molecule has 0 saturated carbocycles. The van der Waals surface area contributed by atoms with Crippen molar-refractivity contribution in [3.63, 3.8) is 0 Å². The number of likely N-dealkylation sites (tertiary alicyclic amines) is 1. The summed E-state index contributed by atoms with van der Waals surface area (Å²) in [6.07, 6.45) is 12.3. The van der Waals surface area contributed by atoms with Crippen LogP contribution in [0, 0.1) is 5.92 Å². The lowest BCUT2D eigenvalue weighted by atomic mass is 9.92. The van der Waals surface area contributed by atoms with E-state index in [-0.39, 0.29) is 17.9 Å². The minimum absolute atomic E-state index is 0.0165. The smallest absolute Gasteiger partial charge is 0.257 e. The van der Waals surface area contributed by atoms with Crippen molar-refractivity contribution in [3.05, 3.63) is 24.5 Å². The molecule has 1 aromatic heterocycles. The Morgan fingerprint density at radius 3 is 2.83 bits per heavy atom. The second kappa shape index (κ2) is 7.64. The highest BCUT2D eigenvalue weighted by Crippen LogP contribution is 2.26. The van der Waals surface area contributed by atoms with Crippen LogP contribution in [0.4, 0.5) is 5.82 Å². The number of piperidine rings is 1. The SMILES string of the molecule is CN(C)c1nccnc1O[C@@H]1CCCN(C(=O)[C@H]2CC=CCC2)C1. The molecule has 6 heteroatoms. The Hall–Kier alpha value is -2.11. The molecule has 1 aromatic rings.